The fourth-order valence-electron chi connectivity index (χ4n) is 11.3. The van der Waals surface area contributed by atoms with E-state index in [0.717, 1.165) is 17.1 Å². The number of hydrogen-bond donors (Lipinski definition) is 0. The van der Waals surface area contributed by atoms with Gasteiger partial charge in [0.2, 0.25) is 0 Å². The van der Waals surface area contributed by atoms with Gasteiger partial charge in [-0.1, -0.05) is 178 Å². The van der Waals surface area contributed by atoms with E-state index in [4.69, 9.17) is 0 Å². The van der Waals surface area contributed by atoms with Crippen LogP contribution in [-0.4, -0.2) is 0 Å². The monoisotopic (exact) mass is 781 g/mol. The summed E-state index contributed by atoms with van der Waals surface area (Å²) >= 11 is 1.89. The molecule has 3 aliphatic rings. The first-order chi connectivity index (χ1) is 29.5. The summed E-state index contributed by atoms with van der Waals surface area (Å²) in [5.41, 5.74) is 21.4. The Labute approximate surface area is 354 Å². The van der Waals surface area contributed by atoms with Crippen LogP contribution in [0.1, 0.15) is 47.2 Å². The zero-order valence-corrected chi connectivity index (χ0v) is 34.2. The number of anilines is 3. The molecule has 0 amide bonds. The first-order valence-electron chi connectivity index (χ1n) is 21.0. The predicted molar refractivity (Wildman–Crippen MR) is 253 cm³/mol. The van der Waals surface area contributed by atoms with E-state index in [-0.39, 0.29) is 5.41 Å². The summed E-state index contributed by atoms with van der Waals surface area (Å²) in [6.45, 7) is 4.76. The van der Waals surface area contributed by atoms with Crippen molar-refractivity contribution in [2.45, 2.75) is 24.7 Å². The summed E-state index contributed by atoms with van der Waals surface area (Å²) < 4.78 is 2.63. The predicted octanol–water partition coefficient (Wildman–Crippen LogP) is 15.8. The highest BCUT2D eigenvalue weighted by molar-refractivity contribution is 7.26. The molecule has 9 aromatic carbocycles. The van der Waals surface area contributed by atoms with Crippen molar-refractivity contribution < 1.29 is 0 Å². The van der Waals surface area contributed by atoms with Gasteiger partial charge in [-0.05, 0) is 103 Å². The SMILES string of the molecule is CC1(C)c2ccccc2-c2ccc(N(c3ccc4c(c3)C3(c5ccccc5-c5ccccc53)c3ccccc3-4)c3ccccc3-c3cccc4c3sc3ccccc34)cc21. The Morgan fingerprint density at radius 1 is 0.350 bits per heavy atom. The van der Waals surface area contributed by atoms with Crippen LogP contribution in [0.5, 0.6) is 0 Å². The highest BCUT2D eigenvalue weighted by atomic mass is 32.1. The van der Waals surface area contributed by atoms with Crippen LogP contribution < -0.4 is 4.90 Å². The molecule has 10 aromatic rings. The number of benzene rings is 9. The lowest BCUT2D eigenvalue weighted by Crippen LogP contribution is -2.26. The number of fused-ring (bicyclic) bond motifs is 16. The summed E-state index contributed by atoms with van der Waals surface area (Å²) in [4.78, 5) is 2.55. The third-order valence-corrected chi connectivity index (χ3v) is 15.1. The van der Waals surface area contributed by atoms with Crippen LogP contribution in [0, 0.1) is 0 Å². The third kappa shape index (κ3) is 4.36. The second-order valence-corrected chi connectivity index (χ2v) is 18.2. The van der Waals surface area contributed by atoms with E-state index in [9.17, 15) is 0 Å². The first kappa shape index (κ1) is 33.9. The van der Waals surface area contributed by atoms with Gasteiger partial charge in [0, 0.05) is 48.1 Å². The normalized spacial score (nSPS) is 14.4. The van der Waals surface area contributed by atoms with Crippen LogP contribution in [0.25, 0.3) is 64.7 Å². The van der Waals surface area contributed by atoms with Crippen LogP contribution in [0.2, 0.25) is 0 Å². The van der Waals surface area contributed by atoms with Crippen molar-refractivity contribution in [1.29, 1.82) is 0 Å². The molecule has 1 heterocycles. The molecule has 0 N–H and O–H groups in total. The number of thiophene rings is 1. The van der Waals surface area contributed by atoms with E-state index < -0.39 is 5.41 Å². The molecule has 282 valence electrons. The zero-order valence-electron chi connectivity index (χ0n) is 33.4. The van der Waals surface area contributed by atoms with Gasteiger partial charge in [-0.2, -0.15) is 0 Å². The van der Waals surface area contributed by atoms with E-state index >= 15 is 0 Å². The molecule has 0 saturated heterocycles. The number of nitrogens with zero attached hydrogens (tertiary/aromatic N) is 1. The molecule has 1 spiro atoms. The second-order valence-electron chi connectivity index (χ2n) is 17.2. The van der Waals surface area contributed by atoms with E-state index in [1.807, 2.05) is 11.3 Å². The van der Waals surface area contributed by atoms with E-state index in [1.165, 1.54) is 98.1 Å². The zero-order chi connectivity index (χ0) is 39.7. The molecule has 0 saturated carbocycles. The van der Waals surface area contributed by atoms with Gasteiger partial charge in [-0.15, -0.1) is 11.3 Å². The van der Waals surface area contributed by atoms with Gasteiger partial charge < -0.3 is 4.90 Å². The van der Waals surface area contributed by atoms with Crippen molar-refractivity contribution in [1.82, 2.24) is 0 Å². The molecule has 0 fully saturated rings. The third-order valence-electron chi connectivity index (χ3n) is 13.9. The van der Waals surface area contributed by atoms with E-state index in [1.54, 1.807) is 0 Å². The average molecular weight is 782 g/mol. The summed E-state index contributed by atoms with van der Waals surface area (Å²) in [5, 5.41) is 2.62. The fraction of sp³-hybridized carbons (Fsp3) is 0.0690. The maximum atomic E-state index is 2.55. The Balaban J connectivity index is 1.10. The van der Waals surface area contributed by atoms with Crippen molar-refractivity contribution in [3.63, 3.8) is 0 Å². The standard InChI is InChI=1S/C58H39NS/c1-57(2)48-24-9-3-16-38(48)42-32-30-36(34-52(42)57)59(54-28-13-7-20-44(54)46-22-15-23-47-45-21-8-14-29-55(45)60-56(46)47)37-31-33-43-41-19-6-12-27-51(41)58(53(43)35-37)49-25-10-4-17-39(49)40-18-5-11-26-50(40)58/h3-35H,1-2H3. The molecule has 3 aliphatic carbocycles. The number of hydrogen-bond acceptors (Lipinski definition) is 2. The molecule has 60 heavy (non-hydrogen) atoms. The van der Waals surface area contributed by atoms with Crippen LogP contribution in [0.3, 0.4) is 0 Å². The molecular formula is C58H39NS. The lowest BCUT2D eigenvalue weighted by molar-refractivity contribution is 0.660. The lowest BCUT2D eigenvalue weighted by Gasteiger charge is -2.33. The van der Waals surface area contributed by atoms with Gasteiger partial charge in [0.15, 0.2) is 0 Å². The Kier molecular flexibility index (Phi) is 6.94. The van der Waals surface area contributed by atoms with Crippen molar-refractivity contribution in [2.24, 2.45) is 0 Å². The first-order valence-corrected chi connectivity index (χ1v) is 21.8. The van der Waals surface area contributed by atoms with Gasteiger partial charge in [0.1, 0.15) is 0 Å². The van der Waals surface area contributed by atoms with Crippen LogP contribution in [-0.2, 0) is 10.8 Å². The molecule has 1 aromatic heterocycles. The van der Waals surface area contributed by atoms with Crippen LogP contribution in [0.15, 0.2) is 200 Å². The summed E-state index contributed by atoms with van der Waals surface area (Å²) in [7, 11) is 0. The second kappa shape index (κ2) is 12.3. The van der Waals surface area contributed by atoms with Gasteiger partial charge in [-0.3, -0.25) is 0 Å². The van der Waals surface area contributed by atoms with Gasteiger partial charge in [-0.25, -0.2) is 0 Å². The largest absolute Gasteiger partial charge is 0.310 e. The van der Waals surface area contributed by atoms with Crippen LogP contribution in [0.4, 0.5) is 17.1 Å². The molecular weight excluding hydrogens is 743 g/mol. The maximum Gasteiger partial charge on any atom is 0.0726 e. The summed E-state index contributed by atoms with van der Waals surface area (Å²) in [5.74, 6) is 0. The van der Waals surface area contributed by atoms with Gasteiger partial charge in [0.25, 0.3) is 0 Å². The minimum atomic E-state index is -0.440. The van der Waals surface area contributed by atoms with Crippen molar-refractivity contribution >= 4 is 48.6 Å². The van der Waals surface area contributed by atoms with Crippen molar-refractivity contribution in [2.75, 3.05) is 4.90 Å². The molecule has 0 aliphatic heterocycles. The molecule has 0 radical (unpaired) electrons. The summed E-state index contributed by atoms with van der Waals surface area (Å²) in [6.07, 6.45) is 0. The summed E-state index contributed by atoms with van der Waals surface area (Å²) in [6, 6.07) is 75.5. The minimum absolute atomic E-state index is 0.142. The van der Waals surface area contributed by atoms with Crippen molar-refractivity contribution in [3.8, 4) is 44.5 Å². The molecule has 1 nitrogen and oxygen atoms in total. The minimum Gasteiger partial charge on any atom is -0.310 e. The smallest absolute Gasteiger partial charge is 0.0726 e. The van der Waals surface area contributed by atoms with E-state index in [0.29, 0.717) is 0 Å². The quantitative estimate of drug-likeness (QED) is 0.172. The molecule has 0 bridgehead atoms. The highest BCUT2D eigenvalue weighted by Gasteiger charge is 2.51. The van der Waals surface area contributed by atoms with Crippen LogP contribution >= 0.6 is 11.3 Å². The number of rotatable bonds is 4. The van der Waals surface area contributed by atoms with E-state index in [2.05, 4.69) is 219 Å². The fourth-order valence-corrected chi connectivity index (χ4v) is 12.6. The Hall–Kier alpha value is -7.00. The molecule has 2 heteroatoms. The Morgan fingerprint density at radius 2 is 0.800 bits per heavy atom. The van der Waals surface area contributed by atoms with Gasteiger partial charge >= 0.3 is 0 Å². The average Bonchev–Trinajstić information content (AvgIpc) is 3.99. The topological polar surface area (TPSA) is 3.24 Å². The highest BCUT2D eigenvalue weighted by Crippen LogP contribution is 2.63. The number of para-hydroxylation sites is 1. The Bertz CT molecular complexity index is 3370. The molecule has 13 rings (SSSR count). The Morgan fingerprint density at radius 3 is 1.45 bits per heavy atom. The maximum absolute atomic E-state index is 2.55. The van der Waals surface area contributed by atoms with Gasteiger partial charge in [0.05, 0.1) is 11.1 Å². The van der Waals surface area contributed by atoms with Crippen molar-refractivity contribution in [3.05, 3.63) is 234 Å². The molecule has 0 unspecified atom stereocenters. The lowest BCUT2D eigenvalue weighted by atomic mass is 9.70. The molecule has 0 atom stereocenters.